The van der Waals surface area contributed by atoms with Gasteiger partial charge < -0.3 is 24.7 Å². The first-order valence-corrected chi connectivity index (χ1v) is 9.91. The number of hydrogen-bond acceptors (Lipinski definition) is 4. The van der Waals surface area contributed by atoms with Crippen LogP contribution in [-0.2, 0) is 4.79 Å². The van der Waals surface area contributed by atoms with E-state index in [9.17, 15) is 24.5 Å². The number of benzene rings is 2. The van der Waals surface area contributed by atoms with Crippen LogP contribution in [0.1, 0.15) is 38.4 Å². The van der Waals surface area contributed by atoms with Gasteiger partial charge in [0.05, 0.1) is 12.2 Å². The molecule has 0 radical (unpaired) electrons. The SMILES string of the molecule is CC(C)n1c(/C=C/[C@@H](O)CC(O)CC(=O)[O-])c(-c2ccc(F)cc2)c2ccccc21.[Na+]. The molecule has 0 aliphatic rings. The maximum Gasteiger partial charge on any atom is 1.00 e. The van der Waals surface area contributed by atoms with Gasteiger partial charge in [-0.05, 0) is 43.7 Å². The van der Waals surface area contributed by atoms with Crippen molar-refractivity contribution in [2.45, 2.75) is 44.9 Å². The number of aliphatic carboxylic acids is 1. The molecular weight excluding hydrogens is 408 g/mol. The zero-order valence-electron chi connectivity index (χ0n) is 18.0. The standard InChI is InChI=1S/C24H26FNO4.Na/c1-15(2)26-21-6-4-3-5-20(21)24(16-7-9-17(25)10-8-16)22(26)12-11-18(27)13-19(28)14-23(29)30;/h3-12,15,18-19,27-28H,13-14H2,1-2H3,(H,29,30);/q;+1/p-1/b12-11+;/t18-,19?;/m1./s1. The maximum atomic E-state index is 13.5. The number of carboxylic acid groups (broad SMARTS) is 1. The number of carbonyl (C=O) groups excluding carboxylic acids is 1. The number of nitrogens with zero attached hydrogens (tertiary/aromatic N) is 1. The maximum absolute atomic E-state index is 13.5. The van der Waals surface area contributed by atoms with E-state index in [1.165, 1.54) is 12.1 Å². The Morgan fingerprint density at radius 1 is 1.13 bits per heavy atom. The van der Waals surface area contributed by atoms with Crippen molar-refractivity contribution in [1.82, 2.24) is 4.57 Å². The van der Waals surface area contributed by atoms with Crippen LogP contribution in [0.2, 0.25) is 0 Å². The number of aliphatic hydroxyl groups excluding tert-OH is 2. The average Bonchev–Trinajstić information content (AvgIpc) is 3.00. The Morgan fingerprint density at radius 3 is 2.39 bits per heavy atom. The van der Waals surface area contributed by atoms with Crippen molar-refractivity contribution in [1.29, 1.82) is 0 Å². The fourth-order valence-corrected chi connectivity index (χ4v) is 3.76. The second-order valence-electron chi connectivity index (χ2n) is 7.64. The molecule has 2 atom stereocenters. The van der Waals surface area contributed by atoms with Crippen molar-refractivity contribution in [2.75, 3.05) is 0 Å². The molecule has 2 N–H and O–H groups in total. The minimum atomic E-state index is -1.36. The van der Waals surface area contributed by atoms with Gasteiger partial charge in [0.25, 0.3) is 0 Å². The monoisotopic (exact) mass is 433 g/mol. The van der Waals surface area contributed by atoms with Crippen LogP contribution >= 0.6 is 0 Å². The number of para-hydroxylation sites is 1. The summed E-state index contributed by atoms with van der Waals surface area (Å²) in [7, 11) is 0. The molecule has 7 heteroatoms. The summed E-state index contributed by atoms with van der Waals surface area (Å²) in [6.07, 6.45) is 0.450. The van der Waals surface area contributed by atoms with Gasteiger partial charge in [-0.2, -0.15) is 0 Å². The van der Waals surface area contributed by atoms with Crippen molar-refractivity contribution in [2.24, 2.45) is 0 Å². The topological polar surface area (TPSA) is 85.5 Å². The normalized spacial score (nSPS) is 13.5. The minimum Gasteiger partial charge on any atom is -0.550 e. The van der Waals surface area contributed by atoms with Gasteiger partial charge >= 0.3 is 29.6 Å². The van der Waals surface area contributed by atoms with Gasteiger partial charge in [0.2, 0.25) is 0 Å². The van der Waals surface area contributed by atoms with Crippen LogP contribution in [0, 0.1) is 5.82 Å². The Hall–Kier alpha value is -1.96. The number of aromatic nitrogens is 1. The second kappa shape index (κ2) is 11.1. The van der Waals surface area contributed by atoms with E-state index in [2.05, 4.69) is 18.4 Å². The summed E-state index contributed by atoms with van der Waals surface area (Å²) in [5.41, 5.74) is 3.61. The van der Waals surface area contributed by atoms with E-state index in [1.807, 2.05) is 24.3 Å². The third-order valence-electron chi connectivity index (χ3n) is 4.99. The van der Waals surface area contributed by atoms with E-state index in [0.717, 1.165) is 27.7 Å². The van der Waals surface area contributed by atoms with Crippen molar-refractivity contribution >= 4 is 22.9 Å². The molecular formula is C24H25FNNaO4. The van der Waals surface area contributed by atoms with Gasteiger partial charge in [-0.15, -0.1) is 0 Å². The summed E-state index contributed by atoms with van der Waals surface area (Å²) < 4.78 is 15.6. The summed E-state index contributed by atoms with van der Waals surface area (Å²) in [5.74, 6) is -1.68. The number of rotatable bonds is 8. The summed E-state index contributed by atoms with van der Waals surface area (Å²) in [5, 5.41) is 31.6. The third-order valence-corrected chi connectivity index (χ3v) is 4.99. The van der Waals surface area contributed by atoms with Crippen LogP contribution in [-0.4, -0.2) is 33.0 Å². The Bertz CT molecular complexity index is 1060. The van der Waals surface area contributed by atoms with Crippen LogP contribution in [0.15, 0.2) is 54.6 Å². The number of carboxylic acids is 1. The fraction of sp³-hybridized carbons (Fsp3) is 0.292. The van der Waals surface area contributed by atoms with Crippen molar-refractivity contribution < 1.29 is 54.1 Å². The summed E-state index contributed by atoms with van der Waals surface area (Å²) in [6.45, 7) is 4.11. The molecule has 0 saturated heterocycles. The molecule has 31 heavy (non-hydrogen) atoms. The van der Waals surface area contributed by atoms with Gasteiger partial charge in [0, 0.05) is 47.0 Å². The molecule has 0 saturated carbocycles. The number of carbonyl (C=O) groups is 1. The molecule has 2 aromatic carbocycles. The van der Waals surface area contributed by atoms with Gasteiger partial charge in [-0.3, -0.25) is 0 Å². The van der Waals surface area contributed by atoms with E-state index < -0.39 is 24.6 Å². The van der Waals surface area contributed by atoms with E-state index in [4.69, 9.17) is 0 Å². The third kappa shape index (κ3) is 6.05. The molecule has 158 valence electrons. The molecule has 0 fully saturated rings. The van der Waals surface area contributed by atoms with E-state index in [-0.39, 0.29) is 47.8 Å². The Kier molecular flexibility index (Phi) is 9.03. The molecule has 1 aromatic heterocycles. The van der Waals surface area contributed by atoms with Crippen LogP contribution in [0.5, 0.6) is 0 Å². The van der Waals surface area contributed by atoms with Crippen molar-refractivity contribution in [3.8, 4) is 11.1 Å². The Balaban J connectivity index is 0.00000341. The zero-order valence-corrected chi connectivity index (χ0v) is 20.0. The van der Waals surface area contributed by atoms with Gasteiger partial charge in [-0.1, -0.05) is 36.4 Å². The molecule has 0 spiro atoms. The molecule has 0 amide bonds. The van der Waals surface area contributed by atoms with Gasteiger partial charge in [0.15, 0.2) is 0 Å². The van der Waals surface area contributed by atoms with Crippen molar-refractivity contribution in [3.05, 3.63) is 66.1 Å². The molecule has 0 bridgehead atoms. The Labute approximate surface area is 203 Å². The number of aliphatic hydroxyl groups is 2. The summed E-state index contributed by atoms with van der Waals surface area (Å²) >= 11 is 0. The molecule has 5 nitrogen and oxygen atoms in total. The van der Waals surface area contributed by atoms with E-state index in [0.29, 0.717) is 0 Å². The molecule has 1 heterocycles. The quantitative estimate of drug-likeness (QED) is 0.501. The molecule has 1 unspecified atom stereocenters. The largest absolute Gasteiger partial charge is 1.00 e. The molecule has 3 aromatic rings. The first-order valence-electron chi connectivity index (χ1n) is 9.91. The van der Waals surface area contributed by atoms with Crippen molar-refractivity contribution in [3.63, 3.8) is 0 Å². The average molecular weight is 433 g/mol. The van der Waals surface area contributed by atoms with E-state index in [1.54, 1.807) is 24.3 Å². The smallest absolute Gasteiger partial charge is 0.550 e. The Morgan fingerprint density at radius 2 is 1.77 bits per heavy atom. The van der Waals surface area contributed by atoms with Crippen LogP contribution < -0.4 is 34.7 Å². The number of fused-ring (bicyclic) bond motifs is 1. The first kappa shape index (κ1) is 25.3. The minimum absolute atomic E-state index is 0. The molecule has 0 aliphatic heterocycles. The van der Waals surface area contributed by atoms with Crippen LogP contribution in [0.4, 0.5) is 4.39 Å². The number of hydrogen-bond donors (Lipinski definition) is 2. The first-order chi connectivity index (χ1) is 14.3. The van der Waals surface area contributed by atoms with Crippen LogP contribution in [0.25, 0.3) is 28.1 Å². The summed E-state index contributed by atoms with van der Waals surface area (Å²) in [4.78, 5) is 10.6. The zero-order chi connectivity index (χ0) is 21.8. The predicted molar refractivity (Wildman–Crippen MR) is 113 cm³/mol. The molecule has 3 rings (SSSR count). The van der Waals surface area contributed by atoms with Crippen LogP contribution in [0.3, 0.4) is 0 Å². The summed E-state index contributed by atoms with van der Waals surface area (Å²) in [6, 6.07) is 14.3. The van der Waals surface area contributed by atoms with Gasteiger partial charge in [0.1, 0.15) is 5.82 Å². The van der Waals surface area contributed by atoms with E-state index >= 15 is 0 Å². The fourth-order valence-electron chi connectivity index (χ4n) is 3.76. The predicted octanol–water partition coefficient (Wildman–Crippen LogP) is 0.297. The van der Waals surface area contributed by atoms with Gasteiger partial charge in [-0.25, -0.2) is 4.39 Å². The second-order valence-corrected chi connectivity index (χ2v) is 7.64. The number of halogens is 1. The molecule has 0 aliphatic carbocycles.